The predicted molar refractivity (Wildman–Crippen MR) is 98.5 cm³/mol. The number of rotatable bonds is 5. The minimum atomic E-state index is -0.475. The van der Waals surface area contributed by atoms with Crippen LogP contribution < -0.4 is 10.6 Å². The second-order valence-electron chi connectivity index (χ2n) is 6.31. The summed E-state index contributed by atoms with van der Waals surface area (Å²) in [5.41, 5.74) is 0.898. The lowest BCUT2D eigenvalue weighted by Crippen LogP contribution is -2.45. The Kier molecular flexibility index (Phi) is 5.87. The summed E-state index contributed by atoms with van der Waals surface area (Å²) in [6, 6.07) is 3.45. The first kappa shape index (κ1) is 18.4. The predicted octanol–water partition coefficient (Wildman–Crippen LogP) is 2.13. The Balaban J connectivity index is 1.57. The lowest BCUT2D eigenvalue weighted by molar-refractivity contribution is -0.119. The molecule has 0 saturated heterocycles. The largest absolute Gasteiger partial charge is 0.335 e. The number of thioether (sulfide) groups is 1. The molecule has 0 spiro atoms. The van der Waals surface area contributed by atoms with Gasteiger partial charge in [0.05, 0.1) is 5.25 Å². The van der Waals surface area contributed by atoms with Gasteiger partial charge in [0.25, 0.3) is 0 Å². The van der Waals surface area contributed by atoms with E-state index in [2.05, 4.69) is 25.8 Å². The molecule has 2 N–H and O–H groups in total. The lowest BCUT2D eigenvalue weighted by Gasteiger charge is -2.14. The standard InChI is InChI=1S/C17H22N6O2S/c1-11(15(24)20-16(25)19-13-5-3-4-6-13)26-17-22-21-14(23(17)2)12-7-9-18-10-8-12/h7-11,13H,3-6H2,1-2H3,(H2,19,20,24,25)/t11-/m0/s1. The SMILES string of the molecule is C[C@H](Sc1nnc(-c2ccncc2)n1C)C(=O)NC(=O)NC1CCCC1. The third-order valence-corrected chi connectivity index (χ3v) is 5.49. The van der Waals surface area contributed by atoms with Crippen molar-refractivity contribution in [3.8, 4) is 11.4 Å². The molecule has 0 unspecified atom stereocenters. The van der Waals surface area contributed by atoms with E-state index in [0.29, 0.717) is 11.0 Å². The number of urea groups is 1. The van der Waals surface area contributed by atoms with E-state index in [1.54, 1.807) is 19.3 Å². The molecule has 2 heterocycles. The summed E-state index contributed by atoms with van der Waals surface area (Å²) < 4.78 is 1.82. The molecule has 2 aromatic heterocycles. The number of nitrogens with zero attached hydrogens (tertiary/aromatic N) is 4. The fourth-order valence-corrected chi connectivity index (χ4v) is 3.70. The Morgan fingerprint density at radius 2 is 1.92 bits per heavy atom. The van der Waals surface area contributed by atoms with Gasteiger partial charge in [-0.25, -0.2) is 4.79 Å². The second kappa shape index (κ2) is 8.31. The van der Waals surface area contributed by atoms with Crippen molar-refractivity contribution in [1.29, 1.82) is 0 Å². The molecule has 1 aliphatic rings. The van der Waals surface area contributed by atoms with E-state index in [0.717, 1.165) is 31.2 Å². The van der Waals surface area contributed by atoms with Gasteiger partial charge in [0.2, 0.25) is 5.91 Å². The molecule has 0 aromatic carbocycles. The summed E-state index contributed by atoms with van der Waals surface area (Å²) in [5.74, 6) is 0.348. The van der Waals surface area contributed by atoms with Crippen LogP contribution in [-0.2, 0) is 11.8 Å². The topological polar surface area (TPSA) is 102 Å². The third kappa shape index (κ3) is 4.40. The molecule has 1 saturated carbocycles. The Morgan fingerprint density at radius 3 is 2.62 bits per heavy atom. The van der Waals surface area contributed by atoms with Crippen LogP contribution in [0.5, 0.6) is 0 Å². The lowest BCUT2D eigenvalue weighted by atomic mass is 10.2. The number of carbonyl (C=O) groups excluding carboxylic acids is 2. The van der Waals surface area contributed by atoms with Crippen molar-refractivity contribution in [2.45, 2.75) is 49.1 Å². The maximum absolute atomic E-state index is 12.3. The summed E-state index contributed by atoms with van der Waals surface area (Å²) in [4.78, 5) is 28.2. The minimum Gasteiger partial charge on any atom is -0.335 e. The van der Waals surface area contributed by atoms with E-state index in [9.17, 15) is 9.59 Å². The average molecular weight is 374 g/mol. The molecule has 3 amide bonds. The van der Waals surface area contributed by atoms with Gasteiger partial charge in [-0.2, -0.15) is 0 Å². The van der Waals surface area contributed by atoms with Gasteiger partial charge in [-0.15, -0.1) is 10.2 Å². The van der Waals surface area contributed by atoms with Crippen molar-refractivity contribution in [3.05, 3.63) is 24.5 Å². The van der Waals surface area contributed by atoms with E-state index in [-0.39, 0.29) is 11.9 Å². The molecule has 0 radical (unpaired) electrons. The van der Waals surface area contributed by atoms with Crippen LogP contribution in [0.25, 0.3) is 11.4 Å². The van der Waals surface area contributed by atoms with E-state index in [4.69, 9.17) is 0 Å². The molecule has 8 nitrogen and oxygen atoms in total. The van der Waals surface area contributed by atoms with Crippen molar-refractivity contribution in [2.75, 3.05) is 0 Å². The molecule has 1 aliphatic carbocycles. The summed E-state index contributed by atoms with van der Waals surface area (Å²) in [5, 5.41) is 13.7. The smallest absolute Gasteiger partial charge is 0.321 e. The average Bonchev–Trinajstić information content (AvgIpc) is 3.26. The van der Waals surface area contributed by atoms with Crippen molar-refractivity contribution < 1.29 is 9.59 Å². The number of hydrogen-bond donors (Lipinski definition) is 2. The fraction of sp³-hybridized carbons (Fsp3) is 0.471. The molecule has 26 heavy (non-hydrogen) atoms. The van der Waals surface area contributed by atoms with Crippen LogP contribution in [0.2, 0.25) is 0 Å². The molecule has 9 heteroatoms. The van der Waals surface area contributed by atoms with Crippen LogP contribution in [-0.4, -0.2) is 43.0 Å². The van der Waals surface area contributed by atoms with Gasteiger partial charge in [0, 0.05) is 31.0 Å². The summed E-state index contributed by atoms with van der Waals surface area (Å²) >= 11 is 1.26. The molecule has 1 fully saturated rings. The molecular weight excluding hydrogens is 352 g/mol. The van der Waals surface area contributed by atoms with Crippen LogP contribution >= 0.6 is 11.8 Å². The van der Waals surface area contributed by atoms with E-state index in [1.807, 2.05) is 23.7 Å². The number of nitrogens with one attached hydrogen (secondary N) is 2. The first-order chi connectivity index (χ1) is 12.5. The van der Waals surface area contributed by atoms with Gasteiger partial charge in [-0.1, -0.05) is 24.6 Å². The molecular formula is C17H22N6O2S. The van der Waals surface area contributed by atoms with Gasteiger partial charge >= 0.3 is 6.03 Å². The number of imide groups is 1. The molecule has 138 valence electrons. The maximum Gasteiger partial charge on any atom is 0.321 e. The Labute approximate surface area is 156 Å². The molecule has 0 bridgehead atoms. The normalized spacial score (nSPS) is 15.6. The number of hydrogen-bond acceptors (Lipinski definition) is 6. The molecule has 0 aliphatic heterocycles. The Bertz CT molecular complexity index is 773. The highest BCUT2D eigenvalue weighted by molar-refractivity contribution is 8.00. The first-order valence-corrected chi connectivity index (χ1v) is 9.50. The maximum atomic E-state index is 12.3. The fourth-order valence-electron chi connectivity index (χ4n) is 2.89. The van der Waals surface area contributed by atoms with Gasteiger partial charge in [-0.3, -0.25) is 15.1 Å². The zero-order chi connectivity index (χ0) is 18.5. The van der Waals surface area contributed by atoms with Gasteiger partial charge in [-0.05, 0) is 31.9 Å². The van der Waals surface area contributed by atoms with Crippen LogP contribution in [0, 0.1) is 0 Å². The highest BCUT2D eigenvalue weighted by atomic mass is 32.2. The number of amides is 3. The number of aromatic nitrogens is 4. The van der Waals surface area contributed by atoms with Crippen LogP contribution in [0.4, 0.5) is 4.79 Å². The highest BCUT2D eigenvalue weighted by Crippen LogP contribution is 2.25. The molecule has 1 atom stereocenters. The molecule has 2 aromatic rings. The first-order valence-electron chi connectivity index (χ1n) is 8.62. The van der Waals surface area contributed by atoms with Crippen LogP contribution in [0.1, 0.15) is 32.6 Å². The minimum absolute atomic E-state index is 0.174. The number of carbonyl (C=O) groups is 2. The van der Waals surface area contributed by atoms with E-state index in [1.165, 1.54) is 11.8 Å². The summed E-state index contributed by atoms with van der Waals surface area (Å²) in [6.45, 7) is 1.74. The third-order valence-electron chi connectivity index (χ3n) is 4.35. The second-order valence-corrected chi connectivity index (χ2v) is 7.61. The monoisotopic (exact) mass is 374 g/mol. The zero-order valence-corrected chi connectivity index (χ0v) is 15.6. The van der Waals surface area contributed by atoms with Crippen molar-refractivity contribution in [3.63, 3.8) is 0 Å². The zero-order valence-electron chi connectivity index (χ0n) is 14.8. The Morgan fingerprint density at radius 1 is 1.23 bits per heavy atom. The van der Waals surface area contributed by atoms with Crippen LogP contribution in [0.15, 0.2) is 29.7 Å². The van der Waals surface area contributed by atoms with Gasteiger partial charge in [0.15, 0.2) is 11.0 Å². The van der Waals surface area contributed by atoms with E-state index >= 15 is 0 Å². The van der Waals surface area contributed by atoms with Crippen molar-refractivity contribution >= 4 is 23.7 Å². The Hall–Kier alpha value is -2.42. The highest BCUT2D eigenvalue weighted by Gasteiger charge is 2.23. The quantitative estimate of drug-likeness (QED) is 0.778. The van der Waals surface area contributed by atoms with Gasteiger partial charge < -0.3 is 9.88 Å². The summed E-state index contributed by atoms with van der Waals surface area (Å²) in [6.07, 6.45) is 7.57. The van der Waals surface area contributed by atoms with Crippen molar-refractivity contribution in [1.82, 2.24) is 30.4 Å². The molecule has 3 rings (SSSR count). The van der Waals surface area contributed by atoms with Crippen molar-refractivity contribution in [2.24, 2.45) is 7.05 Å². The van der Waals surface area contributed by atoms with Crippen LogP contribution in [0.3, 0.4) is 0 Å². The van der Waals surface area contributed by atoms with Gasteiger partial charge in [0.1, 0.15) is 0 Å². The number of pyridine rings is 1. The van der Waals surface area contributed by atoms with E-state index < -0.39 is 11.3 Å². The summed E-state index contributed by atoms with van der Waals surface area (Å²) in [7, 11) is 1.84.